The summed E-state index contributed by atoms with van der Waals surface area (Å²) >= 11 is 0. The van der Waals surface area contributed by atoms with Gasteiger partial charge in [0.15, 0.2) is 22.8 Å². The van der Waals surface area contributed by atoms with Crippen molar-refractivity contribution in [2.24, 2.45) is 0 Å². The number of nitrogens with one attached hydrogen (secondary N) is 4. The molecule has 24 nitrogen and oxygen atoms in total. The van der Waals surface area contributed by atoms with Crippen LogP contribution in [0.4, 0.5) is 0 Å². The Labute approximate surface area is 593 Å². The standard InChI is InChI=1S/C80H64N8O16/c1-45-65-69(89)81-62(42-50-27-35-58(36-28-50)102-78(94)54-19-11-6-12-20-54)74-86-67(47(3)98-74)71(91)83-64(44-52-31-39-60(40-32-52)104-80(96)56-23-15-8-16-24-56)76-88-68(48(4)100-76)72(92)84-63(43-51-29-37-59(38-30-51)103-79(95)55-21-13-7-14-22-55)75-87-66(46(2)99-75)70(90)82-61(73(85-65)97-45)41-49-25-33-57(34-26-49)101-77(93)53-17-9-5-10-18-53/h5-40,61-64H,41-44H2,1-4H3,(H,81,89)(H,82,90)(H,83,91)(H,84,92). The molecule has 12 aromatic rings. The highest BCUT2D eigenvalue weighted by Crippen LogP contribution is 2.32. The first-order valence-corrected chi connectivity index (χ1v) is 33.0. The monoisotopic (exact) mass is 1390 g/mol. The molecule has 5 heterocycles. The summed E-state index contributed by atoms with van der Waals surface area (Å²) in [6, 6.07) is 55.5. The fourth-order valence-corrected chi connectivity index (χ4v) is 11.5. The molecule has 8 bridgehead atoms. The molecule has 24 heteroatoms. The number of fused-ring (bicyclic) bond motifs is 8. The van der Waals surface area contributed by atoms with Gasteiger partial charge in [0.2, 0.25) is 23.6 Å². The topological polar surface area (TPSA) is 326 Å². The zero-order chi connectivity index (χ0) is 72.4. The Morgan fingerprint density at radius 3 is 0.654 bits per heavy atom. The minimum absolute atomic E-state index is 0.0169. The molecule has 0 saturated carbocycles. The summed E-state index contributed by atoms with van der Waals surface area (Å²) < 4.78 is 47.9. The average Bonchev–Trinajstić information content (AvgIpc) is 1.65. The number of esters is 4. The van der Waals surface area contributed by atoms with Gasteiger partial charge in [0, 0.05) is 25.7 Å². The number of benzene rings is 8. The number of carbonyl (C=O) groups excluding carboxylic acids is 8. The molecule has 0 radical (unpaired) electrons. The summed E-state index contributed by atoms with van der Waals surface area (Å²) in [5.41, 5.74) is 2.97. The molecular weight excluding hydrogens is 1330 g/mol. The van der Waals surface area contributed by atoms with Crippen molar-refractivity contribution in [2.75, 3.05) is 0 Å². The Bertz CT molecular complexity index is 4490. The van der Waals surface area contributed by atoms with E-state index in [9.17, 15) is 38.4 Å². The smallest absolute Gasteiger partial charge is 0.343 e. The lowest BCUT2D eigenvalue weighted by Crippen LogP contribution is -2.33. The molecule has 0 spiro atoms. The predicted molar refractivity (Wildman–Crippen MR) is 372 cm³/mol. The van der Waals surface area contributed by atoms with Crippen LogP contribution in [0.3, 0.4) is 0 Å². The van der Waals surface area contributed by atoms with Crippen molar-refractivity contribution in [3.8, 4) is 23.0 Å². The quantitative estimate of drug-likeness (QED) is 0.0516. The molecule has 520 valence electrons. The van der Waals surface area contributed by atoms with Gasteiger partial charge in [0.1, 0.15) is 70.2 Å². The lowest BCUT2D eigenvalue weighted by molar-refractivity contribution is 0.0725. The van der Waals surface area contributed by atoms with Gasteiger partial charge >= 0.3 is 23.9 Å². The number of carbonyl (C=O) groups is 8. The van der Waals surface area contributed by atoms with Crippen molar-refractivity contribution in [2.45, 2.75) is 77.5 Å². The summed E-state index contributed by atoms with van der Waals surface area (Å²) in [6.45, 7) is 6.08. The second-order valence-electron chi connectivity index (χ2n) is 24.3. The van der Waals surface area contributed by atoms with Crippen LogP contribution in [0.1, 0.15) is 176 Å². The first kappa shape index (κ1) is 68.9. The van der Waals surface area contributed by atoms with E-state index in [1.54, 1.807) is 218 Å². The predicted octanol–water partition coefficient (Wildman–Crippen LogP) is 12.9. The van der Waals surface area contributed by atoms with Gasteiger partial charge in [-0.15, -0.1) is 0 Å². The molecule has 4 aromatic heterocycles. The molecule has 8 aromatic carbocycles. The molecule has 0 saturated heterocycles. The first-order valence-electron chi connectivity index (χ1n) is 33.0. The third-order valence-electron chi connectivity index (χ3n) is 16.9. The van der Waals surface area contributed by atoms with Crippen LogP contribution in [0.15, 0.2) is 236 Å². The molecule has 0 fully saturated rings. The van der Waals surface area contributed by atoms with Crippen LogP contribution in [0, 0.1) is 27.7 Å². The zero-order valence-electron chi connectivity index (χ0n) is 56.2. The van der Waals surface area contributed by atoms with Gasteiger partial charge in [0.25, 0.3) is 23.6 Å². The van der Waals surface area contributed by atoms with E-state index in [1.165, 1.54) is 27.7 Å². The number of nitrogens with zero attached hydrogens (tertiary/aromatic N) is 4. The Balaban J connectivity index is 0.866. The van der Waals surface area contributed by atoms with Crippen LogP contribution in [-0.4, -0.2) is 67.4 Å². The number of oxazole rings is 4. The first-order chi connectivity index (χ1) is 50.4. The summed E-state index contributed by atoms with van der Waals surface area (Å²) in [5, 5.41) is 12.0. The van der Waals surface area contributed by atoms with Gasteiger partial charge in [-0.25, -0.2) is 39.1 Å². The number of aromatic nitrogens is 4. The van der Waals surface area contributed by atoms with Gasteiger partial charge in [-0.1, -0.05) is 121 Å². The van der Waals surface area contributed by atoms with Crippen molar-refractivity contribution in [3.05, 3.63) is 332 Å². The molecule has 104 heavy (non-hydrogen) atoms. The highest BCUT2D eigenvalue weighted by atomic mass is 16.5. The third kappa shape index (κ3) is 16.5. The van der Waals surface area contributed by atoms with Crippen LogP contribution in [-0.2, 0) is 25.7 Å². The molecule has 4 unspecified atom stereocenters. The van der Waals surface area contributed by atoms with E-state index in [2.05, 4.69) is 21.3 Å². The molecule has 0 aliphatic carbocycles. The number of hydrogen-bond acceptors (Lipinski definition) is 20. The van der Waals surface area contributed by atoms with E-state index in [-0.39, 0.29) is 118 Å². The van der Waals surface area contributed by atoms with Crippen molar-refractivity contribution in [3.63, 3.8) is 0 Å². The number of amides is 4. The van der Waals surface area contributed by atoms with Crippen LogP contribution in [0.25, 0.3) is 0 Å². The molecule has 4 amide bonds. The van der Waals surface area contributed by atoms with Crippen molar-refractivity contribution >= 4 is 47.5 Å². The van der Waals surface area contributed by atoms with Crippen LogP contribution in [0.2, 0.25) is 0 Å². The lowest BCUT2D eigenvalue weighted by atomic mass is 10.0. The highest BCUT2D eigenvalue weighted by Gasteiger charge is 2.35. The normalized spacial score (nSPS) is 15.4. The largest absolute Gasteiger partial charge is 0.443 e. The molecule has 13 rings (SSSR count). The lowest BCUT2D eigenvalue weighted by Gasteiger charge is -2.17. The van der Waals surface area contributed by atoms with E-state index < -0.39 is 71.7 Å². The molecule has 4 N–H and O–H groups in total. The maximum absolute atomic E-state index is 15.0. The highest BCUT2D eigenvalue weighted by molar-refractivity contribution is 5.97. The number of ether oxygens (including phenoxy) is 4. The summed E-state index contributed by atoms with van der Waals surface area (Å²) in [5.74, 6) is -4.74. The van der Waals surface area contributed by atoms with Gasteiger partial charge < -0.3 is 57.9 Å². The fraction of sp³-hybridized carbons (Fsp3) is 0.150. The van der Waals surface area contributed by atoms with Gasteiger partial charge in [0.05, 0.1) is 22.3 Å². The summed E-state index contributed by atoms with van der Waals surface area (Å²) in [6.07, 6.45) is -0.0676. The zero-order valence-corrected chi connectivity index (χ0v) is 56.2. The van der Waals surface area contributed by atoms with E-state index in [4.69, 9.17) is 56.6 Å². The number of hydrogen-bond donors (Lipinski definition) is 4. The van der Waals surface area contributed by atoms with Gasteiger partial charge in [-0.05, 0) is 147 Å². The third-order valence-corrected chi connectivity index (χ3v) is 16.9. The van der Waals surface area contributed by atoms with Crippen LogP contribution in [0.5, 0.6) is 23.0 Å². The van der Waals surface area contributed by atoms with E-state index in [0.717, 1.165) is 0 Å². The maximum atomic E-state index is 15.0. The van der Waals surface area contributed by atoms with E-state index >= 15 is 0 Å². The molecule has 1 aliphatic rings. The Morgan fingerprint density at radius 2 is 0.471 bits per heavy atom. The second-order valence-corrected chi connectivity index (χ2v) is 24.3. The van der Waals surface area contributed by atoms with Gasteiger partial charge in [-0.2, -0.15) is 0 Å². The SMILES string of the molecule is Cc1oc2nc1C(=O)NC(Cc1ccc(OC(=O)c3ccccc3)cc1)c1nc(c(C)o1)C(=O)NC(Cc1ccc(OC(=O)c3ccccc3)cc1)c1nc(c(C)o1)C(=O)NC(Cc1ccc(OC(=O)c3ccccc3)cc1)c1nc(c(C)o1)C(=O)NC2Cc1ccc(OC(=O)c2ccccc2)cc1. The summed E-state index contributed by atoms with van der Waals surface area (Å²) in [4.78, 5) is 131. The maximum Gasteiger partial charge on any atom is 0.343 e. The fourth-order valence-electron chi connectivity index (χ4n) is 11.5. The second kappa shape index (κ2) is 30.9. The average molecular weight is 1390 g/mol. The summed E-state index contributed by atoms with van der Waals surface area (Å²) in [7, 11) is 0. The van der Waals surface area contributed by atoms with Crippen molar-refractivity contribution < 1.29 is 75.0 Å². The molecular formula is C80H64N8O16. The number of aryl methyl sites for hydroxylation is 4. The van der Waals surface area contributed by atoms with Crippen molar-refractivity contribution in [1.29, 1.82) is 0 Å². The number of rotatable bonds is 16. The van der Waals surface area contributed by atoms with Crippen molar-refractivity contribution in [1.82, 2.24) is 41.2 Å². The van der Waals surface area contributed by atoms with E-state index in [1.807, 2.05) is 0 Å². The molecule has 4 atom stereocenters. The minimum atomic E-state index is -1.14. The Morgan fingerprint density at radius 1 is 0.288 bits per heavy atom. The van der Waals surface area contributed by atoms with E-state index in [0.29, 0.717) is 44.5 Å². The van der Waals surface area contributed by atoms with Crippen LogP contribution >= 0.6 is 0 Å². The molecule has 1 aliphatic heterocycles. The minimum Gasteiger partial charge on any atom is -0.443 e. The Hall–Kier alpha value is -13.6. The van der Waals surface area contributed by atoms with Crippen LogP contribution < -0.4 is 40.2 Å². The Kier molecular flexibility index (Phi) is 20.4. The van der Waals surface area contributed by atoms with Gasteiger partial charge in [-0.3, -0.25) is 19.2 Å².